The third kappa shape index (κ3) is 4.01. The lowest BCUT2D eigenvalue weighted by molar-refractivity contribution is -0.0528. The molecule has 1 aliphatic rings. The second-order valence-electron chi connectivity index (χ2n) is 5.89. The molecular weight excluding hydrogens is 257 g/mol. The van der Waals surface area contributed by atoms with Crippen LogP contribution in [0.5, 0.6) is 0 Å². The summed E-state index contributed by atoms with van der Waals surface area (Å²) >= 11 is 0. The van der Waals surface area contributed by atoms with E-state index in [9.17, 15) is 9.50 Å². The van der Waals surface area contributed by atoms with E-state index in [4.69, 9.17) is 4.74 Å². The number of benzene rings is 1. The van der Waals surface area contributed by atoms with E-state index in [0.29, 0.717) is 12.0 Å². The summed E-state index contributed by atoms with van der Waals surface area (Å²) in [6.45, 7) is 4.85. The number of piperidine rings is 1. The number of halogens is 1. The number of hydrogen-bond donors (Lipinski definition) is 1. The van der Waals surface area contributed by atoms with Crippen molar-refractivity contribution < 1.29 is 14.2 Å². The van der Waals surface area contributed by atoms with Gasteiger partial charge in [-0.15, -0.1) is 0 Å². The van der Waals surface area contributed by atoms with E-state index in [1.807, 2.05) is 0 Å². The molecule has 112 valence electrons. The largest absolute Gasteiger partial charge is 0.388 e. The van der Waals surface area contributed by atoms with Crippen LogP contribution in [0.25, 0.3) is 0 Å². The van der Waals surface area contributed by atoms with Gasteiger partial charge in [-0.2, -0.15) is 0 Å². The predicted molar refractivity (Wildman–Crippen MR) is 77.1 cm³/mol. The first kappa shape index (κ1) is 15.4. The van der Waals surface area contributed by atoms with Gasteiger partial charge in [-0.05, 0) is 50.4 Å². The van der Waals surface area contributed by atoms with Gasteiger partial charge >= 0.3 is 0 Å². The average Bonchev–Trinajstić information content (AvgIpc) is 2.45. The molecule has 2 unspecified atom stereocenters. The number of aliphatic hydroxyl groups is 1. The van der Waals surface area contributed by atoms with Crippen LogP contribution in [0.15, 0.2) is 24.3 Å². The summed E-state index contributed by atoms with van der Waals surface area (Å²) in [6, 6.07) is 6.20. The summed E-state index contributed by atoms with van der Waals surface area (Å²) < 4.78 is 18.7. The smallest absolute Gasteiger partial charge is 0.123 e. The molecule has 20 heavy (non-hydrogen) atoms. The monoisotopic (exact) mass is 281 g/mol. The van der Waals surface area contributed by atoms with Crippen LogP contribution in [0.2, 0.25) is 0 Å². The van der Waals surface area contributed by atoms with Crippen molar-refractivity contribution in [2.24, 2.45) is 0 Å². The molecule has 0 aromatic heterocycles. The van der Waals surface area contributed by atoms with Gasteiger partial charge in [0.05, 0.1) is 11.7 Å². The summed E-state index contributed by atoms with van der Waals surface area (Å²) in [6.07, 6.45) is 2.19. The Bertz CT molecular complexity index is 440. The van der Waals surface area contributed by atoms with Gasteiger partial charge in [-0.25, -0.2) is 4.39 Å². The first-order valence-corrected chi connectivity index (χ1v) is 7.23. The highest BCUT2D eigenvalue weighted by atomic mass is 19.1. The zero-order chi connectivity index (χ0) is 14.6. The number of likely N-dealkylation sites (tertiary alicyclic amines) is 1. The molecule has 0 saturated carbocycles. The van der Waals surface area contributed by atoms with Gasteiger partial charge in [0, 0.05) is 20.2 Å². The van der Waals surface area contributed by atoms with Crippen LogP contribution in [0, 0.1) is 5.82 Å². The molecule has 2 rings (SSSR count). The van der Waals surface area contributed by atoms with Crippen molar-refractivity contribution in [3.05, 3.63) is 35.6 Å². The van der Waals surface area contributed by atoms with Crippen molar-refractivity contribution in [3.63, 3.8) is 0 Å². The molecule has 0 aliphatic carbocycles. The van der Waals surface area contributed by atoms with Crippen LogP contribution in [-0.2, 0) is 4.74 Å². The average molecular weight is 281 g/mol. The summed E-state index contributed by atoms with van der Waals surface area (Å²) in [7, 11) is 1.76. The minimum atomic E-state index is -0.610. The third-order valence-corrected chi connectivity index (χ3v) is 4.18. The van der Waals surface area contributed by atoms with Gasteiger partial charge in [0.1, 0.15) is 5.82 Å². The highest BCUT2D eigenvalue weighted by molar-refractivity contribution is 5.18. The van der Waals surface area contributed by atoms with Crippen molar-refractivity contribution in [2.45, 2.75) is 37.9 Å². The molecule has 1 aromatic rings. The minimum absolute atomic E-state index is 0.0813. The normalized spacial score (nSPS) is 25.6. The molecule has 1 aromatic carbocycles. The Hall–Kier alpha value is -0.970. The molecule has 0 bridgehead atoms. The lowest BCUT2D eigenvalue weighted by Gasteiger charge is -2.39. The maximum atomic E-state index is 13.1. The fraction of sp³-hybridized carbons (Fsp3) is 0.625. The van der Waals surface area contributed by atoms with Crippen LogP contribution in [0.1, 0.15) is 37.9 Å². The number of aliphatic hydroxyl groups excluding tert-OH is 1. The number of methoxy groups -OCH3 is 1. The van der Waals surface area contributed by atoms with Crippen LogP contribution >= 0.6 is 0 Å². The van der Waals surface area contributed by atoms with Gasteiger partial charge in [0.2, 0.25) is 0 Å². The van der Waals surface area contributed by atoms with Crippen LogP contribution in [0.4, 0.5) is 4.39 Å². The van der Waals surface area contributed by atoms with Gasteiger partial charge < -0.3 is 14.7 Å². The minimum Gasteiger partial charge on any atom is -0.388 e. The Morgan fingerprint density at radius 3 is 3.00 bits per heavy atom. The molecular formula is C16H24FNO2. The van der Waals surface area contributed by atoms with Crippen molar-refractivity contribution in [2.75, 3.05) is 26.7 Å². The molecule has 4 heteroatoms. The second kappa shape index (κ2) is 6.66. The molecule has 0 radical (unpaired) electrons. The predicted octanol–water partition coefficient (Wildman–Crippen LogP) is 2.75. The highest BCUT2D eigenvalue weighted by Crippen LogP contribution is 2.25. The SMILES string of the molecule is COC1(C)CCCN(CCC(O)c2cccc(F)c2)C1. The summed E-state index contributed by atoms with van der Waals surface area (Å²) in [5.41, 5.74) is 0.568. The lowest BCUT2D eigenvalue weighted by Crippen LogP contribution is -2.47. The van der Waals surface area contributed by atoms with E-state index in [0.717, 1.165) is 32.5 Å². The van der Waals surface area contributed by atoms with Crippen molar-refractivity contribution in [3.8, 4) is 0 Å². The summed E-state index contributed by atoms with van der Waals surface area (Å²) in [4.78, 5) is 2.31. The number of hydrogen-bond acceptors (Lipinski definition) is 3. The van der Waals surface area contributed by atoms with Crippen LogP contribution in [0.3, 0.4) is 0 Å². The van der Waals surface area contributed by atoms with Gasteiger partial charge in [0.15, 0.2) is 0 Å². The Labute approximate surface area is 120 Å². The van der Waals surface area contributed by atoms with Crippen molar-refractivity contribution in [1.82, 2.24) is 4.90 Å². The molecule has 2 atom stereocenters. The van der Waals surface area contributed by atoms with E-state index in [2.05, 4.69) is 11.8 Å². The fourth-order valence-electron chi connectivity index (χ4n) is 2.85. The van der Waals surface area contributed by atoms with E-state index in [-0.39, 0.29) is 11.4 Å². The van der Waals surface area contributed by atoms with Crippen molar-refractivity contribution >= 4 is 0 Å². The highest BCUT2D eigenvalue weighted by Gasteiger charge is 2.30. The molecule has 1 aliphatic heterocycles. The molecule has 0 spiro atoms. The number of rotatable bonds is 5. The Morgan fingerprint density at radius 1 is 1.50 bits per heavy atom. The van der Waals surface area contributed by atoms with Crippen LogP contribution in [-0.4, -0.2) is 42.4 Å². The first-order valence-electron chi connectivity index (χ1n) is 7.23. The zero-order valence-electron chi connectivity index (χ0n) is 12.3. The first-order chi connectivity index (χ1) is 9.52. The van der Waals surface area contributed by atoms with E-state index in [1.54, 1.807) is 19.2 Å². The third-order valence-electron chi connectivity index (χ3n) is 4.18. The van der Waals surface area contributed by atoms with Gasteiger partial charge in [-0.1, -0.05) is 12.1 Å². The summed E-state index contributed by atoms with van der Waals surface area (Å²) in [5, 5.41) is 10.1. The quantitative estimate of drug-likeness (QED) is 0.901. The topological polar surface area (TPSA) is 32.7 Å². The summed E-state index contributed by atoms with van der Waals surface area (Å²) in [5.74, 6) is -0.300. The number of nitrogens with zero attached hydrogens (tertiary/aromatic N) is 1. The van der Waals surface area contributed by atoms with E-state index >= 15 is 0 Å². The Morgan fingerprint density at radius 2 is 2.30 bits per heavy atom. The van der Waals surface area contributed by atoms with E-state index < -0.39 is 6.10 Å². The van der Waals surface area contributed by atoms with Crippen LogP contribution < -0.4 is 0 Å². The molecule has 1 N–H and O–H groups in total. The fourth-order valence-corrected chi connectivity index (χ4v) is 2.85. The molecule has 0 amide bonds. The van der Waals surface area contributed by atoms with Crippen molar-refractivity contribution in [1.29, 1.82) is 0 Å². The maximum absolute atomic E-state index is 13.1. The molecule has 3 nitrogen and oxygen atoms in total. The molecule has 1 fully saturated rings. The van der Waals surface area contributed by atoms with E-state index in [1.165, 1.54) is 12.1 Å². The van der Waals surface area contributed by atoms with Gasteiger partial charge in [-0.3, -0.25) is 0 Å². The molecule has 1 heterocycles. The second-order valence-corrected chi connectivity index (χ2v) is 5.89. The molecule has 1 saturated heterocycles. The number of ether oxygens (including phenoxy) is 1. The Balaban J connectivity index is 1.85. The van der Waals surface area contributed by atoms with Gasteiger partial charge in [0.25, 0.3) is 0 Å². The zero-order valence-corrected chi connectivity index (χ0v) is 12.3. The standard InChI is InChI=1S/C16H24FNO2/c1-16(20-2)8-4-9-18(12-16)10-7-15(19)13-5-3-6-14(17)11-13/h3,5-6,11,15,19H,4,7-10,12H2,1-2H3. The maximum Gasteiger partial charge on any atom is 0.123 e. The lowest BCUT2D eigenvalue weighted by atomic mass is 9.94. The Kier molecular flexibility index (Phi) is 5.13.